The van der Waals surface area contributed by atoms with E-state index in [4.69, 9.17) is 9.26 Å². The predicted molar refractivity (Wildman–Crippen MR) is 99.3 cm³/mol. The fourth-order valence-corrected chi connectivity index (χ4v) is 2.77. The molecule has 27 heavy (non-hydrogen) atoms. The maximum Gasteiger partial charge on any atom is 0.412 e. The van der Waals surface area contributed by atoms with Crippen LogP contribution in [-0.4, -0.2) is 11.2 Å². The third-order valence-electron chi connectivity index (χ3n) is 3.90. The second kappa shape index (κ2) is 7.87. The van der Waals surface area contributed by atoms with E-state index in [1.54, 1.807) is 19.1 Å². The molecule has 0 radical (unpaired) electrons. The molecule has 1 aromatic heterocycles. The van der Waals surface area contributed by atoms with Gasteiger partial charge in [0.05, 0.1) is 0 Å². The number of benzene rings is 2. The summed E-state index contributed by atoms with van der Waals surface area (Å²) in [5, 5.41) is 6.43. The minimum Gasteiger partial charge on any atom is -0.441 e. The molecule has 3 rings (SSSR count). The van der Waals surface area contributed by atoms with Gasteiger partial charge in [-0.05, 0) is 44.2 Å². The number of aromatic nitrogens is 1. The van der Waals surface area contributed by atoms with E-state index in [1.807, 2.05) is 12.1 Å². The van der Waals surface area contributed by atoms with Crippen molar-refractivity contribution in [1.29, 1.82) is 0 Å². The molecule has 0 aliphatic heterocycles. The van der Waals surface area contributed by atoms with Crippen molar-refractivity contribution < 1.29 is 22.8 Å². The number of aryl methyl sites for hydroxylation is 1. The molecule has 1 unspecified atom stereocenters. The summed E-state index contributed by atoms with van der Waals surface area (Å²) in [6.07, 6.45) is -1.83. The van der Waals surface area contributed by atoms with Crippen molar-refractivity contribution in [3.05, 3.63) is 69.8 Å². The Kier molecular flexibility index (Phi) is 5.55. The Labute approximate surface area is 162 Å². The number of hydrogen-bond donors (Lipinski definition) is 1. The predicted octanol–water partition coefficient (Wildman–Crippen LogP) is 6.00. The summed E-state index contributed by atoms with van der Waals surface area (Å²) in [4.78, 5) is 12.3. The van der Waals surface area contributed by atoms with E-state index < -0.39 is 23.8 Å². The Morgan fingerprint density at radius 3 is 2.63 bits per heavy atom. The first-order valence-corrected chi connectivity index (χ1v) is 8.80. The highest BCUT2D eigenvalue weighted by Crippen LogP contribution is 2.32. The lowest BCUT2D eigenvalue weighted by atomic mass is 10.1. The van der Waals surface area contributed by atoms with E-state index in [9.17, 15) is 13.6 Å². The number of halogens is 3. The van der Waals surface area contributed by atoms with Crippen LogP contribution in [0.15, 0.2) is 51.5 Å². The lowest BCUT2D eigenvalue weighted by Crippen LogP contribution is -2.17. The molecule has 0 aliphatic carbocycles. The van der Waals surface area contributed by atoms with Crippen molar-refractivity contribution in [2.24, 2.45) is 0 Å². The number of carbonyl (C=O) groups excluding carboxylic acids is 1. The lowest BCUT2D eigenvalue weighted by Gasteiger charge is -2.15. The van der Waals surface area contributed by atoms with Gasteiger partial charge in [-0.25, -0.2) is 13.6 Å². The Bertz CT molecular complexity index is 974. The Balaban J connectivity index is 1.77. The van der Waals surface area contributed by atoms with E-state index in [0.29, 0.717) is 22.7 Å². The van der Waals surface area contributed by atoms with Crippen LogP contribution in [0.2, 0.25) is 0 Å². The molecule has 140 valence electrons. The molecule has 8 heteroatoms. The zero-order chi connectivity index (χ0) is 19.6. The van der Waals surface area contributed by atoms with Crippen LogP contribution in [0.5, 0.6) is 0 Å². The van der Waals surface area contributed by atoms with Gasteiger partial charge >= 0.3 is 6.09 Å². The van der Waals surface area contributed by atoms with Crippen molar-refractivity contribution in [3.63, 3.8) is 0 Å². The number of anilines is 1. The quantitative estimate of drug-likeness (QED) is 0.544. The summed E-state index contributed by atoms with van der Waals surface area (Å²) in [5.41, 5.74) is 1.45. The molecule has 1 atom stereocenters. The van der Waals surface area contributed by atoms with Crippen LogP contribution in [0.4, 0.5) is 19.3 Å². The zero-order valence-corrected chi connectivity index (χ0v) is 16.0. The van der Waals surface area contributed by atoms with Crippen molar-refractivity contribution in [2.75, 3.05) is 5.32 Å². The van der Waals surface area contributed by atoms with E-state index in [0.717, 1.165) is 10.5 Å². The Morgan fingerprint density at radius 1 is 1.22 bits per heavy atom. The summed E-state index contributed by atoms with van der Waals surface area (Å²) in [6, 6.07) is 10.9. The SMILES string of the molecule is Cc1noc(-c2ccc(Br)cc2)c1NC(=O)OC(C)c1cccc(F)c1F. The summed E-state index contributed by atoms with van der Waals surface area (Å²) >= 11 is 3.35. The first kappa shape index (κ1) is 19.0. The highest BCUT2D eigenvalue weighted by atomic mass is 79.9. The van der Waals surface area contributed by atoms with Crippen LogP contribution in [0, 0.1) is 18.6 Å². The third kappa shape index (κ3) is 4.16. The maximum atomic E-state index is 13.8. The van der Waals surface area contributed by atoms with Gasteiger partial charge in [0.2, 0.25) is 0 Å². The van der Waals surface area contributed by atoms with Gasteiger partial charge in [0, 0.05) is 15.6 Å². The third-order valence-corrected chi connectivity index (χ3v) is 4.43. The Morgan fingerprint density at radius 2 is 1.93 bits per heavy atom. The molecule has 2 aromatic carbocycles. The second-order valence-corrected chi connectivity index (χ2v) is 6.71. The number of amides is 1. The van der Waals surface area contributed by atoms with Crippen LogP contribution in [0.25, 0.3) is 11.3 Å². The molecule has 1 N–H and O–H groups in total. The minimum absolute atomic E-state index is 0.0553. The highest BCUT2D eigenvalue weighted by molar-refractivity contribution is 9.10. The average Bonchev–Trinajstić information content (AvgIpc) is 2.98. The number of carbonyl (C=O) groups is 1. The molecular formula is C19H15BrF2N2O3. The first-order chi connectivity index (χ1) is 12.9. The number of nitrogens with one attached hydrogen (secondary N) is 1. The van der Waals surface area contributed by atoms with E-state index in [2.05, 4.69) is 26.4 Å². The first-order valence-electron chi connectivity index (χ1n) is 8.00. The lowest BCUT2D eigenvalue weighted by molar-refractivity contribution is 0.118. The standard InChI is InChI=1S/C19H15BrF2N2O3/c1-10-17(18(27-24-10)12-6-8-13(20)9-7-12)23-19(25)26-11(2)14-4-3-5-15(21)16(14)22/h3-9,11H,1-2H3,(H,23,25). The van der Waals surface area contributed by atoms with Crippen LogP contribution >= 0.6 is 15.9 Å². The van der Waals surface area contributed by atoms with Gasteiger partial charge in [-0.2, -0.15) is 0 Å². The fourth-order valence-electron chi connectivity index (χ4n) is 2.51. The van der Waals surface area contributed by atoms with Crippen LogP contribution in [0.3, 0.4) is 0 Å². The summed E-state index contributed by atoms with van der Waals surface area (Å²) in [6.45, 7) is 3.12. The molecule has 3 aromatic rings. The fraction of sp³-hybridized carbons (Fsp3) is 0.158. The van der Waals surface area contributed by atoms with E-state index >= 15 is 0 Å². The van der Waals surface area contributed by atoms with Gasteiger partial charge in [0.25, 0.3) is 0 Å². The van der Waals surface area contributed by atoms with Crippen molar-refractivity contribution in [1.82, 2.24) is 5.16 Å². The van der Waals surface area contributed by atoms with Crippen molar-refractivity contribution in [3.8, 4) is 11.3 Å². The van der Waals surface area contributed by atoms with Gasteiger partial charge in [-0.15, -0.1) is 0 Å². The molecule has 0 bridgehead atoms. The van der Waals surface area contributed by atoms with Gasteiger partial charge in [-0.1, -0.05) is 33.2 Å². The smallest absolute Gasteiger partial charge is 0.412 e. The van der Waals surface area contributed by atoms with E-state index in [-0.39, 0.29) is 5.56 Å². The number of rotatable bonds is 4. The Hall–Kier alpha value is -2.74. The van der Waals surface area contributed by atoms with Crippen LogP contribution in [-0.2, 0) is 4.74 Å². The molecule has 0 fully saturated rings. The molecule has 0 spiro atoms. The number of hydrogen-bond acceptors (Lipinski definition) is 4. The zero-order valence-electron chi connectivity index (χ0n) is 14.4. The normalized spacial score (nSPS) is 11.9. The molecule has 5 nitrogen and oxygen atoms in total. The number of nitrogens with zero attached hydrogens (tertiary/aromatic N) is 1. The number of ether oxygens (including phenoxy) is 1. The second-order valence-electron chi connectivity index (χ2n) is 5.79. The van der Waals surface area contributed by atoms with Crippen LogP contribution < -0.4 is 5.32 Å². The van der Waals surface area contributed by atoms with Crippen LogP contribution in [0.1, 0.15) is 24.3 Å². The maximum absolute atomic E-state index is 13.8. The van der Waals surface area contributed by atoms with Gasteiger partial charge in [0.15, 0.2) is 17.4 Å². The van der Waals surface area contributed by atoms with Crippen molar-refractivity contribution >= 4 is 27.7 Å². The summed E-state index contributed by atoms with van der Waals surface area (Å²) in [5.74, 6) is -1.69. The molecule has 0 saturated heterocycles. The van der Waals surface area contributed by atoms with Gasteiger partial charge in [-0.3, -0.25) is 5.32 Å². The highest BCUT2D eigenvalue weighted by Gasteiger charge is 2.21. The molecule has 1 heterocycles. The summed E-state index contributed by atoms with van der Waals surface area (Å²) < 4.78 is 38.6. The molecular weight excluding hydrogens is 422 g/mol. The van der Waals surface area contributed by atoms with Crippen molar-refractivity contribution in [2.45, 2.75) is 20.0 Å². The topological polar surface area (TPSA) is 64.4 Å². The monoisotopic (exact) mass is 436 g/mol. The molecule has 1 amide bonds. The van der Waals surface area contributed by atoms with Gasteiger partial charge < -0.3 is 9.26 Å². The molecule has 0 aliphatic rings. The molecule has 0 saturated carbocycles. The van der Waals surface area contributed by atoms with Gasteiger partial charge in [0.1, 0.15) is 17.5 Å². The minimum atomic E-state index is -1.05. The van der Waals surface area contributed by atoms with E-state index in [1.165, 1.54) is 19.1 Å². The largest absolute Gasteiger partial charge is 0.441 e. The average molecular weight is 437 g/mol. The summed E-state index contributed by atoms with van der Waals surface area (Å²) in [7, 11) is 0.